The van der Waals surface area contributed by atoms with E-state index in [0.29, 0.717) is 5.56 Å². The third kappa shape index (κ3) is 4.50. The molecule has 8 heteroatoms. The molecule has 0 bridgehead atoms. The molecule has 1 heterocycles. The van der Waals surface area contributed by atoms with Crippen molar-refractivity contribution >= 4 is 11.9 Å². The summed E-state index contributed by atoms with van der Waals surface area (Å²) >= 11 is 0. The van der Waals surface area contributed by atoms with Gasteiger partial charge >= 0.3 is 12.1 Å². The summed E-state index contributed by atoms with van der Waals surface area (Å²) in [6, 6.07) is 5.09. The third-order valence-corrected chi connectivity index (χ3v) is 4.48. The summed E-state index contributed by atoms with van der Waals surface area (Å²) < 4.78 is 43.1. The first-order valence-electron chi connectivity index (χ1n) is 7.90. The number of nitrogens with one attached hydrogen (secondary N) is 1. The number of alkyl halides is 3. The van der Waals surface area contributed by atoms with Gasteiger partial charge in [-0.05, 0) is 30.9 Å². The molecule has 1 aliphatic rings. The van der Waals surface area contributed by atoms with Crippen molar-refractivity contribution in [2.45, 2.75) is 43.8 Å². The number of aryl methyl sites for hydroxylation is 1. The summed E-state index contributed by atoms with van der Waals surface area (Å²) in [5.74, 6) is -2.42. The minimum absolute atomic E-state index is 0.277. The largest absolute Gasteiger partial charge is 0.480 e. The number of amides is 1. The summed E-state index contributed by atoms with van der Waals surface area (Å²) in [6.45, 7) is 2.36. The van der Waals surface area contributed by atoms with Gasteiger partial charge in [-0.2, -0.15) is 13.2 Å². The fourth-order valence-electron chi connectivity index (χ4n) is 3.18. The lowest BCUT2D eigenvalue weighted by molar-refractivity contribution is -0.161. The van der Waals surface area contributed by atoms with Crippen molar-refractivity contribution in [2.75, 3.05) is 13.2 Å². The molecule has 138 valence electrons. The second-order valence-electron chi connectivity index (χ2n) is 6.19. The number of hydrogen-bond donors (Lipinski definition) is 2. The summed E-state index contributed by atoms with van der Waals surface area (Å²) in [7, 11) is 0. The highest BCUT2D eigenvalue weighted by Crippen LogP contribution is 2.37. The average molecular weight is 359 g/mol. The van der Waals surface area contributed by atoms with Gasteiger partial charge in [0.05, 0.1) is 11.8 Å². The Balaban J connectivity index is 2.33. The molecule has 2 rings (SSSR count). The Labute approximate surface area is 143 Å². The van der Waals surface area contributed by atoms with Crippen molar-refractivity contribution in [3.63, 3.8) is 0 Å². The molecule has 1 aromatic carbocycles. The Morgan fingerprint density at radius 1 is 1.28 bits per heavy atom. The average Bonchev–Trinajstić information content (AvgIpc) is 2.54. The van der Waals surface area contributed by atoms with Crippen LogP contribution in [0.2, 0.25) is 0 Å². The van der Waals surface area contributed by atoms with Crippen LogP contribution in [0.3, 0.4) is 0 Å². The van der Waals surface area contributed by atoms with Gasteiger partial charge in [0.25, 0.3) is 0 Å². The Morgan fingerprint density at radius 2 is 1.88 bits per heavy atom. The van der Waals surface area contributed by atoms with Gasteiger partial charge in [0, 0.05) is 13.2 Å². The number of hydrogen-bond acceptors (Lipinski definition) is 3. The zero-order chi connectivity index (χ0) is 18.7. The quantitative estimate of drug-likeness (QED) is 0.847. The lowest BCUT2D eigenvalue weighted by Crippen LogP contribution is -2.54. The molecule has 0 aliphatic carbocycles. The highest BCUT2D eigenvalue weighted by atomic mass is 19.4. The number of carboxylic acid groups (broad SMARTS) is 1. The summed E-state index contributed by atoms with van der Waals surface area (Å²) in [5.41, 5.74) is 0.414. The van der Waals surface area contributed by atoms with Crippen molar-refractivity contribution in [2.24, 2.45) is 0 Å². The maximum absolute atomic E-state index is 12.9. The molecule has 1 saturated heterocycles. The number of carboxylic acids is 1. The molecule has 1 atom stereocenters. The molecule has 2 N–H and O–H groups in total. The minimum atomic E-state index is -4.69. The topological polar surface area (TPSA) is 75.6 Å². The molecule has 1 aliphatic heterocycles. The van der Waals surface area contributed by atoms with Gasteiger partial charge < -0.3 is 15.2 Å². The van der Waals surface area contributed by atoms with E-state index in [2.05, 4.69) is 5.32 Å². The van der Waals surface area contributed by atoms with Gasteiger partial charge in [0.1, 0.15) is 6.04 Å². The first kappa shape index (κ1) is 19.2. The van der Waals surface area contributed by atoms with Gasteiger partial charge in [-0.25, -0.2) is 4.79 Å². The summed E-state index contributed by atoms with van der Waals surface area (Å²) in [5, 5.41) is 11.1. The molecular weight excluding hydrogens is 339 g/mol. The van der Waals surface area contributed by atoms with E-state index in [9.17, 15) is 22.8 Å². The van der Waals surface area contributed by atoms with E-state index < -0.39 is 35.9 Å². The third-order valence-electron chi connectivity index (χ3n) is 4.48. The van der Waals surface area contributed by atoms with E-state index in [1.54, 1.807) is 18.2 Å². The maximum atomic E-state index is 12.9. The van der Waals surface area contributed by atoms with E-state index in [-0.39, 0.29) is 26.1 Å². The minimum Gasteiger partial charge on any atom is -0.480 e. The summed E-state index contributed by atoms with van der Waals surface area (Å²) in [6.07, 6.45) is -5.75. The van der Waals surface area contributed by atoms with Crippen molar-refractivity contribution in [3.05, 3.63) is 35.4 Å². The standard InChI is InChI=1S/C17H20F3NO4/c1-11-4-2-3-5-12(11)16(6-8-25-9-7-16)15(24)21-13(14(22)23)10-17(18,19)20/h2-5,13H,6-10H2,1H3,(H,21,24)(H,22,23). The molecule has 25 heavy (non-hydrogen) atoms. The SMILES string of the molecule is Cc1ccccc1C1(C(=O)NC(CC(F)(F)F)C(=O)O)CCOCC1. The fraction of sp³-hybridized carbons (Fsp3) is 0.529. The van der Waals surface area contributed by atoms with Gasteiger partial charge in [-0.3, -0.25) is 4.79 Å². The Bertz CT molecular complexity index is 639. The van der Waals surface area contributed by atoms with Crippen LogP contribution in [0.15, 0.2) is 24.3 Å². The van der Waals surface area contributed by atoms with Gasteiger partial charge in [0.15, 0.2) is 0 Å². The van der Waals surface area contributed by atoms with Crippen LogP contribution in [0.4, 0.5) is 13.2 Å². The Hall–Kier alpha value is -2.09. The van der Waals surface area contributed by atoms with Crippen LogP contribution in [-0.2, 0) is 19.7 Å². The van der Waals surface area contributed by atoms with Crippen LogP contribution >= 0.6 is 0 Å². The number of halogens is 3. The lowest BCUT2D eigenvalue weighted by atomic mass is 9.71. The van der Waals surface area contributed by atoms with Crippen LogP contribution in [0, 0.1) is 6.92 Å². The van der Waals surface area contributed by atoms with E-state index in [1.807, 2.05) is 13.0 Å². The molecule has 0 radical (unpaired) electrons. The highest BCUT2D eigenvalue weighted by molar-refractivity contribution is 5.92. The lowest BCUT2D eigenvalue weighted by Gasteiger charge is -2.38. The molecule has 1 unspecified atom stereocenters. The van der Waals surface area contributed by atoms with Gasteiger partial charge in [-0.1, -0.05) is 24.3 Å². The van der Waals surface area contributed by atoms with E-state index in [0.717, 1.165) is 5.56 Å². The highest BCUT2D eigenvalue weighted by Gasteiger charge is 2.45. The van der Waals surface area contributed by atoms with Crippen LogP contribution in [0.1, 0.15) is 30.4 Å². The van der Waals surface area contributed by atoms with Crippen molar-refractivity contribution in [1.82, 2.24) is 5.32 Å². The van der Waals surface area contributed by atoms with Gasteiger partial charge in [-0.15, -0.1) is 0 Å². The number of ether oxygens (including phenoxy) is 1. The first-order valence-corrected chi connectivity index (χ1v) is 7.90. The molecule has 0 aromatic heterocycles. The van der Waals surface area contributed by atoms with Crippen molar-refractivity contribution in [3.8, 4) is 0 Å². The summed E-state index contributed by atoms with van der Waals surface area (Å²) in [4.78, 5) is 24.0. The molecule has 1 amide bonds. The second kappa shape index (κ2) is 7.43. The zero-order valence-corrected chi connectivity index (χ0v) is 13.7. The maximum Gasteiger partial charge on any atom is 0.391 e. The van der Waals surface area contributed by atoms with E-state index >= 15 is 0 Å². The fourth-order valence-corrected chi connectivity index (χ4v) is 3.18. The monoisotopic (exact) mass is 359 g/mol. The molecular formula is C17H20F3NO4. The van der Waals surface area contributed by atoms with E-state index in [1.165, 1.54) is 0 Å². The Kier molecular flexibility index (Phi) is 5.72. The van der Waals surface area contributed by atoms with Crippen LogP contribution in [-0.4, -0.2) is 42.4 Å². The zero-order valence-electron chi connectivity index (χ0n) is 13.7. The normalized spacial score (nSPS) is 18.4. The molecule has 0 saturated carbocycles. The Morgan fingerprint density at radius 3 is 2.40 bits per heavy atom. The van der Waals surface area contributed by atoms with Crippen LogP contribution in [0.5, 0.6) is 0 Å². The number of rotatable bonds is 5. The molecule has 1 aromatic rings. The predicted octanol–water partition coefficient (Wildman–Crippen LogP) is 2.57. The number of carbonyl (C=O) groups excluding carboxylic acids is 1. The first-order chi connectivity index (χ1) is 11.7. The van der Waals surface area contributed by atoms with Crippen LogP contribution < -0.4 is 5.32 Å². The number of carbonyl (C=O) groups is 2. The predicted molar refractivity (Wildman–Crippen MR) is 83.1 cm³/mol. The number of aliphatic carboxylic acids is 1. The molecule has 0 spiro atoms. The second-order valence-corrected chi connectivity index (χ2v) is 6.19. The van der Waals surface area contributed by atoms with Crippen molar-refractivity contribution < 1.29 is 32.6 Å². The molecule has 1 fully saturated rings. The number of benzene rings is 1. The van der Waals surface area contributed by atoms with E-state index in [4.69, 9.17) is 9.84 Å². The van der Waals surface area contributed by atoms with Crippen LogP contribution in [0.25, 0.3) is 0 Å². The molecule has 5 nitrogen and oxygen atoms in total. The van der Waals surface area contributed by atoms with Crippen molar-refractivity contribution in [1.29, 1.82) is 0 Å². The smallest absolute Gasteiger partial charge is 0.391 e. The van der Waals surface area contributed by atoms with Gasteiger partial charge in [0.2, 0.25) is 5.91 Å².